The molecule has 1 aliphatic heterocycles. The van der Waals surface area contributed by atoms with Crippen LogP contribution in [0.25, 0.3) is 0 Å². The van der Waals surface area contributed by atoms with E-state index < -0.39 is 5.54 Å². The van der Waals surface area contributed by atoms with Crippen LogP contribution in [0.2, 0.25) is 0 Å². The Bertz CT molecular complexity index is 282. The number of nitrogens with zero attached hydrogens (tertiary/aromatic N) is 1. The fourth-order valence-corrected chi connectivity index (χ4v) is 2.76. The fourth-order valence-electron chi connectivity index (χ4n) is 2.76. The van der Waals surface area contributed by atoms with Crippen molar-refractivity contribution in [2.24, 2.45) is 0 Å². The van der Waals surface area contributed by atoms with Gasteiger partial charge in [-0.05, 0) is 12.8 Å². The lowest BCUT2D eigenvalue weighted by Gasteiger charge is -2.46. The number of rotatable bonds is 0. The van der Waals surface area contributed by atoms with Crippen molar-refractivity contribution in [2.45, 2.75) is 44.6 Å². The molecule has 0 unspecified atom stereocenters. The molecule has 1 heterocycles. The average molecular weight is 211 g/mol. The molecule has 0 aromatic carbocycles. The van der Waals surface area contributed by atoms with Crippen LogP contribution >= 0.6 is 0 Å². The van der Waals surface area contributed by atoms with Crippen molar-refractivity contribution in [2.75, 3.05) is 13.2 Å². The van der Waals surface area contributed by atoms with E-state index in [4.69, 9.17) is 4.74 Å². The summed E-state index contributed by atoms with van der Waals surface area (Å²) in [5.74, 6) is -0.197. The van der Waals surface area contributed by atoms with Crippen LogP contribution in [-0.2, 0) is 14.3 Å². The van der Waals surface area contributed by atoms with Crippen molar-refractivity contribution in [3.8, 4) is 0 Å². The summed E-state index contributed by atoms with van der Waals surface area (Å²) in [5, 5.41) is 0. The Morgan fingerprint density at radius 1 is 1.33 bits per heavy atom. The van der Waals surface area contributed by atoms with E-state index in [9.17, 15) is 9.59 Å². The van der Waals surface area contributed by atoms with Gasteiger partial charge in [-0.25, -0.2) is 4.79 Å². The number of hydrogen-bond acceptors (Lipinski definition) is 3. The molecule has 0 atom stereocenters. The van der Waals surface area contributed by atoms with Crippen molar-refractivity contribution in [3.63, 3.8) is 0 Å². The van der Waals surface area contributed by atoms with Gasteiger partial charge in [-0.3, -0.25) is 4.79 Å². The maximum absolute atomic E-state index is 11.9. The van der Waals surface area contributed by atoms with E-state index in [0.29, 0.717) is 13.2 Å². The number of esters is 1. The highest BCUT2D eigenvalue weighted by Gasteiger charge is 2.49. The molecule has 84 valence electrons. The fraction of sp³-hybridized carbons (Fsp3) is 0.818. The van der Waals surface area contributed by atoms with Gasteiger partial charge in [0.05, 0.1) is 6.54 Å². The summed E-state index contributed by atoms with van der Waals surface area (Å²) in [6, 6.07) is 0. The second-order valence-corrected chi connectivity index (χ2v) is 4.40. The Morgan fingerprint density at radius 3 is 2.60 bits per heavy atom. The topological polar surface area (TPSA) is 46.6 Å². The van der Waals surface area contributed by atoms with Crippen LogP contribution in [0.3, 0.4) is 0 Å². The van der Waals surface area contributed by atoms with E-state index in [2.05, 4.69) is 0 Å². The predicted molar refractivity (Wildman–Crippen MR) is 54.2 cm³/mol. The van der Waals surface area contributed by atoms with Crippen LogP contribution in [0.5, 0.6) is 0 Å². The quantitative estimate of drug-likeness (QED) is 0.563. The van der Waals surface area contributed by atoms with Gasteiger partial charge in [-0.1, -0.05) is 19.3 Å². The number of amides is 1. The highest BCUT2D eigenvalue weighted by Crippen LogP contribution is 2.36. The van der Waals surface area contributed by atoms with E-state index in [-0.39, 0.29) is 11.9 Å². The van der Waals surface area contributed by atoms with Crippen molar-refractivity contribution < 1.29 is 14.3 Å². The van der Waals surface area contributed by atoms with Gasteiger partial charge in [-0.2, -0.15) is 0 Å². The molecule has 4 heteroatoms. The SMILES string of the molecule is CC(=O)N1CCOC(=O)C12CCCCC2. The molecule has 0 bridgehead atoms. The van der Waals surface area contributed by atoms with E-state index in [1.165, 1.54) is 6.92 Å². The van der Waals surface area contributed by atoms with Gasteiger partial charge >= 0.3 is 5.97 Å². The lowest BCUT2D eigenvalue weighted by atomic mass is 9.79. The van der Waals surface area contributed by atoms with Crippen LogP contribution in [0.15, 0.2) is 0 Å². The molecule has 2 fully saturated rings. The molecular formula is C11H17NO3. The zero-order valence-electron chi connectivity index (χ0n) is 9.12. The number of cyclic esters (lactones) is 1. The standard InChI is InChI=1S/C11H17NO3/c1-9(13)12-7-8-15-10(14)11(12)5-3-2-4-6-11/h2-8H2,1H3. The smallest absolute Gasteiger partial charge is 0.332 e. The van der Waals surface area contributed by atoms with Gasteiger partial charge in [0.25, 0.3) is 0 Å². The Hall–Kier alpha value is -1.06. The maximum atomic E-state index is 11.9. The molecule has 0 N–H and O–H groups in total. The normalized spacial score (nSPS) is 25.1. The molecule has 0 aromatic rings. The van der Waals surface area contributed by atoms with Gasteiger partial charge < -0.3 is 9.64 Å². The predicted octanol–water partition coefficient (Wildman–Crippen LogP) is 1.09. The molecule has 2 aliphatic rings. The van der Waals surface area contributed by atoms with E-state index in [0.717, 1.165) is 32.1 Å². The molecule has 1 saturated carbocycles. The van der Waals surface area contributed by atoms with Crippen LogP contribution in [-0.4, -0.2) is 35.5 Å². The summed E-state index contributed by atoms with van der Waals surface area (Å²) < 4.78 is 5.12. The van der Waals surface area contributed by atoms with Gasteiger partial charge in [0.15, 0.2) is 0 Å². The number of ether oxygens (including phenoxy) is 1. The first kappa shape index (κ1) is 10.5. The number of carbonyl (C=O) groups is 2. The van der Waals surface area contributed by atoms with Crippen LogP contribution in [0.4, 0.5) is 0 Å². The lowest BCUT2D eigenvalue weighted by Crippen LogP contribution is -2.62. The molecule has 1 spiro atoms. The number of morpholine rings is 1. The Labute approximate surface area is 89.6 Å². The third-order valence-corrected chi connectivity index (χ3v) is 3.51. The summed E-state index contributed by atoms with van der Waals surface area (Å²) in [4.78, 5) is 25.1. The second kappa shape index (κ2) is 3.83. The van der Waals surface area contributed by atoms with E-state index >= 15 is 0 Å². The minimum atomic E-state index is -0.623. The molecule has 4 nitrogen and oxygen atoms in total. The first-order valence-corrected chi connectivity index (χ1v) is 5.62. The van der Waals surface area contributed by atoms with E-state index in [1.807, 2.05) is 0 Å². The van der Waals surface area contributed by atoms with Crippen LogP contribution < -0.4 is 0 Å². The minimum absolute atomic E-state index is 0.00597. The molecule has 0 radical (unpaired) electrons. The van der Waals surface area contributed by atoms with Crippen LogP contribution in [0, 0.1) is 0 Å². The molecular weight excluding hydrogens is 194 g/mol. The third kappa shape index (κ3) is 1.62. The largest absolute Gasteiger partial charge is 0.462 e. The van der Waals surface area contributed by atoms with Gasteiger partial charge in [0.1, 0.15) is 12.1 Å². The monoisotopic (exact) mass is 211 g/mol. The maximum Gasteiger partial charge on any atom is 0.332 e. The zero-order valence-corrected chi connectivity index (χ0v) is 9.12. The summed E-state index contributed by atoms with van der Waals surface area (Å²) in [6.07, 6.45) is 4.72. The van der Waals surface area contributed by atoms with Gasteiger partial charge in [-0.15, -0.1) is 0 Å². The highest BCUT2D eigenvalue weighted by molar-refractivity contribution is 5.88. The Kier molecular flexibility index (Phi) is 2.67. The number of hydrogen-bond donors (Lipinski definition) is 0. The van der Waals surface area contributed by atoms with Gasteiger partial charge in [0.2, 0.25) is 5.91 Å². The van der Waals surface area contributed by atoms with Crippen molar-refractivity contribution in [1.82, 2.24) is 4.90 Å². The molecule has 15 heavy (non-hydrogen) atoms. The molecule has 0 aromatic heterocycles. The van der Waals surface area contributed by atoms with Gasteiger partial charge in [0, 0.05) is 6.92 Å². The molecule has 1 amide bonds. The Morgan fingerprint density at radius 2 is 2.00 bits per heavy atom. The van der Waals surface area contributed by atoms with Crippen molar-refractivity contribution in [3.05, 3.63) is 0 Å². The minimum Gasteiger partial charge on any atom is -0.462 e. The summed E-state index contributed by atoms with van der Waals surface area (Å²) in [7, 11) is 0. The summed E-state index contributed by atoms with van der Waals surface area (Å²) >= 11 is 0. The summed E-state index contributed by atoms with van der Waals surface area (Å²) in [6.45, 7) is 2.44. The van der Waals surface area contributed by atoms with Crippen molar-refractivity contribution in [1.29, 1.82) is 0 Å². The Balaban J connectivity index is 2.27. The average Bonchev–Trinajstić information content (AvgIpc) is 2.23. The molecule has 1 aliphatic carbocycles. The molecule has 2 rings (SSSR count). The first-order valence-electron chi connectivity index (χ1n) is 5.62. The van der Waals surface area contributed by atoms with Crippen LogP contribution in [0.1, 0.15) is 39.0 Å². The third-order valence-electron chi connectivity index (χ3n) is 3.51. The highest BCUT2D eigenvalue weighted by atomic mass is 16.5. The van der Waals surface area contributed by atoms with Crippen molar-refractivity contribution >= 4 is 11.9 Å². The second-order valence-electron chi connectivity index (χ2n) is 4.40. The molecule has 1 saturated heterocycles. The summed E-state index contributed by atoms with van der Waals surface area (Å²) in [5.41, 5.74) is -0.623. The number of carbonyl (C=O) groups excluding carboxylic acids is 2. The first-order chi connectivity index (χ1) is 7.17. The van der Waals surface area contributed by atoms with E-state index in [1.54, 1.807) is 4.90 Å². The zero-order chi connectivity index (χ0) is 10.9. The lowest BCUT2D eigenvalue weighted by molar-refractivity contribution is -0.177.